The van der Waals surface area contributed by atoms with Gasteiger partial charge in [-0.3, -0.25) is 9.59 Å². The summed E-state index contributed by atoms with van der Waals surface area (Å²) in [5, 5.41) is 0. The highest BCUT2D eigenvalue weighted by atomic mass is 16.5. The molecule has 1 amide bonds. The molecule has 1 aromatic heterocycles. The van der Waals surface area contributed by atoms with Gasteiger partial charge in [-0.05, 0) is 19.9 Å². The number of morpholine rings is 1. The van der Waals surface area contributed by atoms with E-state index in [-0.39, 0.29) is 23.6 Å². The number of nitrogens with zero attached hydrogens (tertiary/aromatic N) is 2. The van der Waals surface area contributed by atoms with Crippen molar-refractivity contribution in [2.45, 2.75) is 25.9 Å². The Morgan fingerprint density at radius 2 is 2.21 bits per heavy atom. The highest BCUT2D eigenvalue weighted by Gasteiger charge is 2.33. The summed E-state index contributed by atoms with van der Waals surface area (Å²) in [6.07, 6.45) is 1.49. The van der Waals surface area contributed by atoms with Crippen molar-refractivity contribution >= 4 is 11.6 Å². The van der Waals surface area contributed by atoms with Gasteiger partial charge in [0.15, 0.2) is 0 Å². The van der Waals surface area contributed by atoms with Gasteiger partial charge >= 0.3 is 0 Å². The first-order chi connectivity index (χ1) is 8.90. The molecule has 2 rings (SSSR count). The lowest BCUT2D eigenvalue weighted by atomic mass is 10.0. The molecule has 1 aliphatic heterocycles. The lowest BCUT2D eigenvalue weighted by molar-refractivity contribution is -0.147. The smallest absolute Gasteiger partial charge is 0.251 e. The van der Waals surface area contributed by atoms with Crippen LogP contribution in [0.2, 0.25) is 0 Å². The molecule has 19 heavy (non-hydrogen) atoms. The Morgan fingerprint density at radius 1 is 1.47 bits per heavy atom. The van der Waals surface area contributed by atoms with E-state index in [1.165, 1.54) is 22.9 Å². The monoisotopic (exact) mass is 265 g/mol. The maximum atomic E-state index is 12.3. The number of nitrogen functional groups attached to an aromatic ring is 1. The third kappa shape index (κ3) is 2.96. The normalized spacial score (nSPS) is 18.3. The van der Waals surface area contributed by atoms with E-state index in [0.29, 0.717) is 25.4 Å². The summed E-state index contributed by atoms with van der Waals surface area (Å²) in [7, 11) is 0. The summed E-state index contributed by atoms with van der Waals surface area (Å²) < 4.78 is 6.71. The van der Waals surface area contributed by atoms with Gasteiger partial charge in [0, 0.05) is 24.5 Å². The van der Waals surface area contributed by atoms with Gasteiger partial charge in [-0.25, -0.2) is 0 Å². The molecule has 6 nitrogen and oxygen atoms in total. The van der Waals surface area contributed by atoms with Crippen molar-refractivity contribution in [2.75, 3.05) is 25.5 Å². The lowest BCUT2D eigenvalue weighted by Crippen LogP contribution is -2.56. The van der Waals surface area contributed by atoms with Crippen LogP contribution in [0.1, 0.15) is 13.8 Å². The van der Waals surface area contributed by atoms with E-state index in [1.807, 2.05) is 13.8 Å². The Kier molecular flexibility index (Phi) is 3.61. The van der Waals surface area contributed by atoms with E-state index >= 15 is 0 Å². The highest BCUT2D eigenvalue weighted by Crippen LogP contribution is 2.19. The van der Waals surface area contributed by atoms with Gasteiger partial charge in [-0.1, -0.05) is 0 Å². The Morgan fingerprint density at radius 3 is 2.89 bits per heavy atom. The molecule has 0 aromatic carbocycles. The molecule has 0 saturated carbocycles. The Bertz CT molecular complexity index is 536. The molecule has 0 atom stereocenters. The average Bonchev–Trinajstić information content (AvgIpc) is 2.33. The molecule has 1 fully saturated rings. The van der Waals surface area contributed by atoms with Gasteiger partial charge in [0.2, 0.25) is 5.91 Å². The molecular formula is C13H19N3O3. The summed E-state index contributed by atoms with van der Waals surface area (Å²) in [6, 6.07) is 2.90. The number of rotatable bonds is 2. The second-order valence-corrected chi connectivity index (χ2v) is 5.34. The minimum atomic E-state index is -0.348. The van der Waals surface area contributed by atoms with Crippen LogP contribution in [0.4, 0.5) is 5.69 Å². The van der Waals surface area contributed by atoms with Crippen LogP contribution in [-0.4, -0.2) is 40.7 Å². The van der Waals surface area contributed by atoms with Crippen molar-refractivity contribution in [3.8, 4) is 0 Å². The fourth-order valence-electron chi connectivity index (χ4n) is 2.23. The molecule has 0 radical (unpaired) electrons. The highest BCUT2D eigenvalue weighted by molar-refractivity contribution is 5.77. The van der Waals surface area contributed by atoms with E-state index < -0.39 is 0 Å². The standard InChI is InChI=1S/C13H19N3O3/c1-13(2)9-19-6-5-16(13)12(18)8-15-7-10(14)3-4-11(15)17/h3-4,7H,5-6,8-9,14H2,1-2H3. The van der Waals surface area contributed by atoms with Crippen LogP contribution in [-0.2, 0) is 16.1 Å². The van der Waals surface area contributed by atoms with E-state index in [1.54, 1.807) is 4.90 Å². The minimum Gasteiger partial charge on any atom is -0.398 e. The second-order valence-electron chi connectivity index (χ2n) is 5.34. The molecule has 2 heterocycles. The zero-order valence-electron chi connectivity index (χ0n) is 11.3. The van der Waals surface area contributed by atoms with Gasteiger partial charge in [-0.2, -0.15) is 0 Å². The van der Waals surface area contributed by atoms with Crippen LogP contribution in [0.25, 0.3) is 0 Å². The SMILES string of the molecule is CC1(C)COCCN1C(=O)Cn1cc(N)ccc1=O. The molecule has 0 spiro atoms. The van der Waals surface area contributed by atoms with Crippen molar-refractivity contribution < 1.29 is 9.53 Å². The largest absolute Gasteiger partial charge is 0.398 e. The Balaban J connectivity index is 2.16. The number of pyridine rings is 1. The number of carbonyl (C=O) groups is 1. The van der Waals surface area contributed by atoms with Gasteiger partial charge in [0.1, 0.15) is 6.54 Å². The molecular weight excluding hydrogens is 246 g/mol. The van der Waals surface area contributed by atoms with Crippen LogP contribution in [0.5, 0.6) is 0 Å². The molecule has 2 N–H and O–H groups in total. The summed E-state index contributed by atoms with van der Waals surface area (Å²) in [5.41, 5.74) is 5.52. The molecule has 0 unspecified atom stereocenters. The number of hydrogen-bond donors (Lipinski definition) is 1. The van der Waals surface area contributed by atoms with Gasteiger partial charge in [-0.15, -0.1) is 0 Å². The molecule has 0 bridgehead atoms. The van der Waals surface area contributed by atoms with Crippen LogP contribution >= 0.6 is 0 Å². The molecule has 1 aliphatic rings. The van der Waals surface area contributed by atoms with Crippen molar-refractivity contribution in [2.24, 2.45) is 0 Å². The summed E-state index contributed by atoms with van der Waals surface area (Å²) in [5.74, 6) is -0.0963. The number of ether oxygens (including phenoxy) is 1. The quantitative estimate of drug-likeness (QED) is 0.820. The molecule has 1 saturated heterocycles. The van der Waals surface area contributed by atoms with Crippen molar-refractivity contribution in [1.82, 2.24) is 9.47 Å². The molecule has 0 aliphatic carbocycles. The van der Waals surface area contributed by atoms with Crippen molar-refractivity contribution in [3.05, 3.63) is 28.7 Å². The average molecular weight is 265 g/mol. The zero-order valence-corrected chi connectivity index (χ0v) is 11.3. The summed E-state index contributed by atoms with van der Waals surface area (Å²) in [6.45, 7) is 5.49. The van der Waals surface area contributed by atoms with E-state index in [2.05, 4.69) is 0 Å². The van der Waals surface area contributed by atoms with Crippen molar-refractivity contribution in [1.29, 1.82) is 0 Å². The number of amides is 1. The minimum absolute atomic E-state index is 0.00725. The Hall–Kier alpha value is -1.82. The van der Waals surface area contributed by atoms with Crippen LogP contribution in [0.15, 0.2) is 23.1 Å². The zero-order chi connectivity index (χ0) is 14.0. The number of hydrogen-bond acceptors (Lipinski definition) is 4. The molecule has 1 aromatic rings. The third-order valence-electron chi connectivity index (χ3n) is 3.26. The van der Waals surface area contributed by atoms with Crippen molar-refractivity contribution in [3.63, 3.8) is 0 Å². The fourth-order valence-corrected chi connectivity index (χ4v) is 2.23. The maximum Gasteiger partial charge on any atom is 0.251 e. The summed E-state index contributed by atoms with van der Waals surface area (Å²) in [4.78, 5) is 25.7. The van der Waals surface area contributed by atoms with Crippen LogP contribution < -0.4 is 11.3 Å². The predicted molar refractivity (Wildman–Crippen MR) is 71.7 cm³/mol. The number of nitrogens with two attached hydrogens (primary N) is 1. The topological polar surface area (TPSA) is 77.6 Å². The molecule has 104 valence electrons. The third-order valence-corrected chi connectivity index (χ3v) is 3.26. The van der Waals surface area contributed by atoms with E-state index in [0.717, 1.165) is 0 Å². The van der Waals surface area contributed by atoms with Gasteiger partial charge in [0.05, 0.1) is 18.8 Å². The lowest BCUT2D eigenvalue weighted by Gasteiger charge is -2.42. The summed E-state index contributed by atoms with van der Waals surface area (Å²) >= 11 is 0. The predicted octanol–water partition coefficient (Wildman–Crippen LogP) is 0.0679. The van der Waals surface area contributed by atoms with Crippen LogP contribution in [0, 0.1) is 0 Å². The maximum absolute atomic E-state index is 12.3. The first-order valence-corrected chi connectivity index (χ1v) is 6.24. The number of aromatic nitrogens is 1. The second kappa shape index (κ2) is 5.05. The number of carbonyl (C=O) groups excluding carboxylic acids is 1. The molecule has 6 heteroatoms. The van der Waals surface area contributed by atoms with E-state index in [9.17, 15) is 9.59 Å². The van der Waals surface area contributed by atoms with Crippen LogP contribution in [0.3, 0.4) is 0 Å². The van der Waals surface area contributed by atoms with E-state index in [4.69, 9.17) is 10.5 Å². The fraction of sp³-hybridized carbons (Fsp3) is 0.538. The first kappa shape index (κ1) is 13.6. The first-order valence-electron chi connectivity index (χ1n) is 6.24. The number of anilines is 1. The van der Waals surface area contributed by atoms with Gasteiger partial charge < -0.3 is 19.9 Å². The van der Waals surface area contributed by atoms with Gasteiger partial charge in [0.25, 0.3) is 5.56 Å². The Labute approximate surface area is 111 Å².